The quantitative estimate of drug-likeness (QED) is 0.0279. The van der Waals surface area contributed by atoms with Crippen LogP contribution in [-0.4, -0.2) is 52.6 Å². The standard InChI is InChI=1S/C81H80N8O4/c82-41-53-90-77-25-9-65(10-26-77)69-33-45-86(46-34-69)57-61-1-17-73(18-2-61)81(74-19-3-62(4-20-74)58-87-47-35-70(36-48-87)66-11-27-78(28-12-66)91-54-42-83,75-21-5-63(6-22-75)59-88-49-37-71(38-50-88)67-13-29-79(30-14-67)92-55-43-84)76-23-7-64(8-24-76)60-89-51-39-72(40-52-89)68-15-31-80(32-16-68)93-56-44-85/h1-40,45-52H,41-44,53-60,82-85H2/q+4. The van der Waals surface area contributed by atoms with Crippen LogP contribution < -0.4 is 60.2 Å². The molecule has 12 rings (SSSR count). The molecular formula is C81H80N8O4+4. The van der Waals surface area contributed by atoms with E-state index >= 15 is 0 Å². The van der Waals surface area contributed by atoms with Crippen molar-refractivity contribution in [2.75, 3.05) is 52.6 Å². The van der Waals surface area contributed by atoms with Gasteiger partial charge in [-0.05, 0) is 115 Å². The van der Waals surface area contributed by atoms with E-state index in [0.29, 0.717) is 78.8 Å². The molecule has 93 heavy (non-hydrogen) atoms. The molecule has 12 aromatic rings. The van der Waals surface area contributed by atoms with E-state index < -0.39 is 5.41 Å². The fourth-order valence-corrected chi connectivity index (χ4v) is 12.0. The molecule has 0 atom stereocenters. The fraction of sp³-hybridized carbons (Fsp3) is 0.160. The van der Waals surface area contributed by atoms with Gasteiger partial charge >= 0.3 is 0 Å². The van der Waals surface area contributed by atoms with Crippen LogP contribution in [0, 0.1) is 0 Å². The van der Waals surface area contributed by atoms with Gasteiger partial charge in [0.15, 0.2) is 75.8 Å². The summed E-state index contributed by atoms with van der Waals surface area (Å²) in [5.74, 6) is 3.26. The maximum absolute atomic E-state index is 5.73. The first-order valence-electron chi connectivity index (χ1n) is 31.9. The summed E-state index contributed by atoms with van der Waals surface area (Å²) >= 11 is 0. The van der Waals surface area contributed by atoms with Gasteiger partial charge in [0.25, 0.3) is 0 Å². The molecule has 4 aromatic heterocycles. The number of hydrogen-bond acceptors (Lipinski definition) is 8. The summed E-state index contributed by atoms with van der Waals surface area (Å²) in [6, 6.07) is 87.1. The van der Waals surface area contributed by atoms with Gasteiger partial charge in [-0.15, -0.1) is 0 Å². The van der Waals surface area contributed by atoms with Crippen molar-refractivity contribution in [1.82, 2.24) is 0 Å². The van der Waals surface area contributed by atoms with Crippen molar-refractivity contribution in [3.8, 4) is 67.5 Å². The molecule has 0 saturated carbocycles. The minimum absolute atomic E-state index is 0.478. The summed E-state index contributed by atoms with van der Waals surface area (Å²) in [7, 11) is 0. The molecule has 0 bridgehead atoms. The smallest absolute Gasteiger partial charge is 0.173 e. The Morgan fingerprint density at radius 1 is 0.215 bits per heavy atom. The molecule has 4 heterocycles. The number of nitrogens with zero attached hydrogens (tertiary/aromatic N) is 4. The van der Waals surface area contributed by atoms with Gasteiger partial charge in [0.05, 0.1) is 5.41 Å². The van der Waals surface area contributed by atoms with Crippen molar-refractivity contribution >= 4 is 0 Å². The van der Waals surface area contributed by atoms with Crippen molar-refractivity contribution in [3.63, 3.8) is 0 Å². The number of rotatable bonds is 28. The van der Waals surface area contributed by atoms with Gasteiger partial charge in [-0.1, -0.05) is 146 Å². The van der Waals surface area contributed by atoms with Crippen LogP contribution in [0.4, 0.5) is 0 Å². The zero-order chi connectivity index (χ0) is 63.6. The first-order valence-corrected chi connectivity index (χ1v) is 31.9. The number of benzene rings is 8. The molecule has 0 aliphatic heterocycles. The Morgan fingerprint density at radius 2 is 0.387 bits per heavy atom. The van der Waals surface area contributed by atoms with E-state index in [-0.39, 0.29) is 0 Å². The van der Waals surface area contributed by atoms with Crippen LogP contribution in [-0.2, 0) is 31.6 Å². The monoisotopic (exact) mass is 1230 g/mol. The van der Waals surface area contributed by atoms with Gasteiger partial charge in [0.1, 0.15) is 49.4 Å². The highest BCUT2D eigenvalue weighted by atomic mass is 16.5. The van der Waals surface area contributed by atoms with Gasteiger partial charge < -0.3 is 41.9 Å². The molecule has 0 amide bonds. The van der Waals surface area contributed by atoms with Crippen LogP contribution in [0.15, 0.2) is 292 Å². The van der Waals surface area contributed by atoms with E-state index in [1.807, 2.05) is 48.5 Å². The maximum atomic E-state index is 5.73. The van der Waals surface area contributed by atoms with E-state index in [2.05, 4.69) is 262 Å². The Labute approximate surface area is 545 Å². The lowest BCUT2D eigenvalue weighted by atomic mass is 9.65. The molecule has 0 aliphatic rings. The minimum Gasteiger partial charge on any atom is -0.492 e. The summed E-state index contributed by atoms with van der Waals surface area (Å²) in [4.78, 5) is 0. The van der Waals surface area contributed by atoms with Gasteiger partial charge in [-0.25, -0.2) is 18.3 Å². The molecule has 0 radical (unpaired) electrons. The van der Waals surface area contributed by atoms with Gasteiger partial charge in [-0.3, -0.25) is 0 Å². The lowest BCUT2D eigenvalue weighted by Gasteiger charge is -2.37. The number of hydrogen-bond donors (Lipinski definition) is 4. The summed E-state index contributed by atoms with van der Waals surface area (Å²) < 4.78 is 31.9. The van der Waals surface area contributed by atoms with Crippen molar-refractivity contribution < 1.29 is 37.2 Å². The Kier molecular flexibility index (Phi) is 20.5. The van der Waals surface area contributed by atoms with E-state index in [0.717, 1.165) is 89.8 Å². The number of pyridine rings is 4. The predicted octanol–water partition coefficient (Wildman–Crippen LogP) is 11.4. The van der Waals surface area contributed by atoms with Crippen LogP contribution >= 0.6 is 0 Å². The molecule has 0 saturated heterocycles. The van der Waals surface area contributed by atoms with Gasteiger partial charge in [0, 0.05) is 97.0 Å². The summed E-state index contributed by atoms with van der Waals surface area (Å²) in [5.41, 5.74) is 40.4. The normalized spacial score (nSPS) is 11.3. The second-order valence-electron chi connectivity index (χ2n) is 23.2. The topological polar surface area (TPSA) is 157 Å². The summed E-state index contributed by atoms with van der Waals surface area (Å²) in [5, 5.41) is 0. The Bertz CT molecular complexity index is 3700. The van der Waals surface area contributed by atoms with Crippen LogP contribution in [0.3, 0.4) is 0 Å². The van der Waals surface area contributed by atoms with Crippen molar-refractivity contribution in [1.29, 1.82) is 0 Å². The van der Waals surface area contributed by atoms with Crippen LogP contribution in [0.5, 0.6) is 23.0 Å². The number of aromatic nitrogens is 4. The highest BCUT2D eigenvalue weighted by Crippen LogP contribution is 2.46. The first kappa shape index (κ1) is 62.6. The third kappa shape index (κ3) is 15.6. The average molecular weight is 1230 g/mol. The zero-order valence-corrected chi connectivity index (χ0v) is 52.4. The lowest BCUT2D eigenvalue weighted by molar-refractivity contribution is -0.688. The number of nitrogens with two attached hydrogens (primary N) is 4. The Balaban J connectivity index is 0.873. The van der Waals surface area contributed by atoms with Crippen molar-refractivity contribution in [3.05, 3.63) is 337 Å². The first-order chi connectivity index (χ1) is 45.8. The van der Waals surface area contributed by atoms with Gasteiger partial charge in [0.2, 0.25) is 0 Å². The molecular weight excluding hydrogens is 1150 g/mol. The molecule has 12 heteroatoms. The predicted molar refractivity (Wildman–Crippen MR) is 368 cm³/mol. The van der Waals surface area contributed by atoms with E-state index in [1.165, 1.54) is 22.3 Å². The van der Waals surface area contributed by atoms with Crippen LogP contribution in [0.25, 0.3) is 44.5 Å². The largest absolute Gasteiger partial charge is 0.492 e. The van der Waals surface area contributed by atoms with Crippen LogP contribution in [0.1, 0.15) is 44.5 Å². The van der Waals surface area contributed by atoms with E-state index in [9.17, 15) is 0 Å². The fourth-order valence-electron chi connectivity index (χ4n) is 12.0. The van der Waals surface area contributed by atoms with E-state index in [1.54, 1.807) is 0 Å². The van der Waals surface area contributed by atoms with E-state index in [4.69, 9.17) is 41.9 Å². The molecule has 8 N–H and O–H groups in total. The zero-order valence-electron chi connectivity index (χ0n) is 52.4. The molecule has 0 spiro atoms. The highest BCUT2D eigenvalue weighted by Gasteiger charge is 2.39. The highest BCUT2D eigenvalue weighted by molar-refractivity contribution is 5.67. The molecule has 464 valence electrons. The molecule has 0 aliphatic carbocycles. The van der Waals surface area contributed by atoms with Crippen LogP contribution in [0.2, 0.25) is 0 Å². The molecule has 12 nitrogen and oxygen atoms in total. The second kappa shape index (κ2) is 30.5. The third-order valence-electron chi connectivity index (χ3n) is 16.9. The third-order valence-corrected chi connectivity index (χ3v) is 16.9. The van der Waals surface area contributed by atoms with Crippen molar-refractivity contribution in [2.45, 2.75) is 31.6 Å². The number of ether oxygens (including phenoxy) is 4. The van der Waals surface area contributed by atoms with Crippen molar-refractivity contribution in [2.24, 2.45) is 22.9 Å². The van der Waals surface area contributed by atoms with Gasteiger partial charge in [-0.2, -0.15) is 0 Å². The second-order valence-corrected chi connectivity index (χ2v) is 23.2. The maximum Gasteiger partial charge on any atom is 0.173 e. The SMILES string of the molecule is NCCOc1ccc(-c2cc[n+](Cc3ccc(C(c4ccc(C[n+]5ccc(-c6ccc(OCCN)cc6)cc5)cc4)(c4ccc(C[n+]5ccc(-c6ccc(OCCN)cc6)cc5)cc4)c4ccc(C[n+]5ccc(-c6ccc(OCCN)cc6)cc5)cc4)cc3)cc2)cc1. The Hall–Kier alpha value is -10.6. The summed E-state index contributed by atoms with van der Waals surface area (Å²) in [6.07, 6.45) is 17.2. The average Bonchev–Trinajstić information content (AvgIpc) is 0.769. The Morgan fingerprint density at radius 3 is 0.559 bits per heavy atom. The molecule has 8 aromatic carbocycles. The lowest BCUT2D eigenvalue weighted by Crippen LogP contribution is -2.35. The molecule has 0 fully saturated rings. The molecule has 0 unspecified atom stereocenters. The summed E-state index contributed by atoms with van der Waals surface area (Å²) in [6.45, 7) is 6.69. The minimum atomic E-state index is -0.729.